The molecule has 18 heavy (non-hydrogen) atoms. The number of piperidine rings is 1. The number of carbonyl (C=O) groups is 1. The maximum atomic E-state index is 11.6. The molecule has 1 amide bonds. The highest BCUT2D eigenvalue weighted by atomic mass is 16.6. The summed E-state index contributed by atoms with van der Waals surface area (Å²) in [5, 5.41) is 0. The van der Waals surface area contributed by atoms with Crippen molar-refractivity contribution in [3.63, 3.8) is 0 Å². The van der Waals surface area contributed by atoms with Gasteiger partial charge in [0.2, 0.25) is 0 Å². The Balaban J connectivity index is 1.97. The number of nitrogens with zero attached hydrogens (tertiary/aromatic N) is 2. The van der Waals surface area contributed by atoms with Crippen molar-refractivity contribution in [3.8, 4) is 0 Å². The first-order valence-electron chi connectivity index (χ1n) is 6.69. The molecule has 1 saturated heterocycles. The lowest BCUT2D eigenvalue weighted by Crippen LogP contribution is -2.39. The summed E-state index contributed by atoms with van der Waals surface area (Å²) in [6, 6.07) is 4.84. The molecule has 4 heteroatoms. The van der Waals surface area contributed by atoms with E-state index < -0.39 is 0 Å². The molecule has 0 atom stereocenters. The van der Waals surface area contributed by atoms with E-state index in [9.17, 15) is 4.79 Å². The van der Waals surface area contributed by atoms with Crippen LogP contribution in [-0.4, -0.2) is 35.3 Å². The zero-order valence-corrected chi connectivity index (χ0v) is 11.5. The number of aryl methyl sites for hydroxylation is 2. The fourth-order valence-electron chi connectivity index (χ4n) is 2.78. The number of likely N-dealkylation sites (tertiary alicyclic amines) is 1. The van der Waals surface area contributed by atoms with Crippen molar-refractivity contribution in [2.24, 2.45) is 0 Å². The van der Waals surface area contributed by atoms with E-state index in [0.717, 1.165) is 25.9 Å². The summed E-state index contributed by atoms with van der Waals surface area (Å²) < 4.78 is 7.43. The lowest BCUT2D eigenvalue weighted by molar-refractivity contribution is 0.0924. The van der Waals surface area contributed by atoms with E-state index in [2.05, 4.69) is 30.5 Å². The van der Waals surface area contributed by atoms with Crippen LogP contribution in [0.1, 0.15) is 37.2 Å². The molecule has 0 spiro atoms. The van der Waals surface area contributed by atoms with Crippen LogP contribution in [0.5, 0.6) is 0 Å². The molecule has 0 saturated carbocycles. The molecule has 2 heterocycles. The summed E-state index contributed by atoms with van der Waals surface area (Å²) in [4.78, 5) is 13.4. The van der Waals surface area contributed by atoms with Crippen LogP contribution in [0.2, 0.25) is 0 Å². The third-order valence-electron chi connectivity index (χ3n) is 3.68. The monoisotopic (exact) mass is 250 g/mol. The van der Waals surface area contributed by atoms with Crippen LogP contribution in [-0.2, 0) is 4.74 Å². The van der Waals surface area contributed by atoms with Crippen molar-refractivity contribution in [3.05, 3.63) is 23.5 Å². The maximum Gasteiger partial charge on any atom is 0.409 e. The average molecular weight is 250 g/mol. The highest BCUT2D eigenvalue weighted by Gasteiger charge is 2.25. The topological polar surface area (TPSA) is 34.5 Å². The standard InChI is InChI=1S/C14H22N2O2/c1-4-18-14(17)15-9-7-13(8-10-15)16-11(2)5-6-12(16)3/h5-6,13H,4,7-10H2,1-3H3. The summed E-state index contributed by atoms with van der Waals surface area (Å²) in [5.74, 6) is 0. The molecule has 1 aliphatic heterocycles. The van der Waals surface area contributed by atoms with Gasteiger partial charge in [0.1, 0.15) is 0 Å². The van der Waals surface area contributed by atoms with Gasteiger partial charge >= 0.3 is 6.09 Å². The quantitative estimate of drug-likeness (QED) is 0.809. The molecule has 2 rings (SSSR count). The van der Waals surface area contributed by atoms with Crippen molar-refractivity contribution < 1.29 is 9.53 Å². The summed E-state index contributed by atoms with van der Waals surface area (Å²) in [6.07, 6.45) is 1.85. The van der Waals surface area contributed by atoms with E-state index in [4.69, 9.17) is 4.74 Å². The van der Waals surface area contributed by atoms with E-state index in [-0.39, 0.29) is 6.09 Å². The van der Waals surface area contributed by atoms with Crippen LogP contribution >= 0.6 is 0 Å². The third-order valence-corrected chi connectivity index (χ3v) is 3.68. The Morgan fingerprint density at radius 3 is 2.33 bits per heavy atom. The van der Waals surface area contributed by atoms with Crippen LogP contribution in [0.4, 0.5) is 4.79 Å². The second-order valence-electron chi connectivity index (χ2n) is 4.90. The molecule has 4 nitrogen and oxygen atoms in total. The Bertz CT molecular complexity index is 398. The second-order valence-corrected chi connectivity index (χ2v) is 4.90. The average Bonchev–Trinajstić information content (AvgIpc) is 2.70. The van der Waals surface area contributed by atoms with E-state index in [1.807, 2.05) is 11.8 Å². The number of rotatable bonds is 2. The Morgan fingerprint density at radius 1 is 1.28 bits per heavy atom. The third kappa shape index (κ3) is 2.52. The van der Waals surface area contributed by atoms with Crippen molar-refractivity contribution in [1.82, 2.24) is 9.47 Å². The number of hydrogen-bond donors (Lipinski definition) is 0. The number of hydrogen-bond acceptors (Lipinski definition) is 2. The summed E-state index contributed by atoms with van der Waals surface area (Å²) in [5.41, 5.74) is 2.61. The van der Waals surface area contributed by atoms with Crippen LogP contribution in [0.15, 0.2) is 12.1 Å². The van der Waals surface area contributed by atoms with Gasteiger partial charge in [0.15, 0.2) is 0 Å². The fraction of sp³-hybridized carbons (Fsp3) is 0.643. The van der Waals surface area contributed by atoms with Gasteiger partial charge in [-0.2, -0.15) is 0 Å². The van der Waals surface area contributed by atoms with Gasteiger partial charge in [0.05, 0.1) is 6.61 Å². The van der Waals surface area contributed by atoms with Crippen molar-refractivity contribution in [1.29, 1.82) is 0 Å². The fourth-order valence-corrected chi connectivity index (χ4v) is 2.78. The van der Waals surface area contributed by atoms with Gasteiger partial charge in [-0.25, -0.2) is 4.79 Å². The first-order valence-corrected chi connectivity index (χ1v) is 6.69. The summed E-state index contributed by atoms with van der Waals surface area (Å²) in [7, 11) is 0. The van der Waals surface area contributed by atoms with Crippen molar-refractivity contribution >= 4 is 6.09 Å². The first kappa shape index (κ1) is 13.0. The Morgan fingerprint density at radius 2 is 1.83 bits per heavy atom. The van der Waals surface area contributed by atoms with Crippen LogP contribution in [0, 0.1) is 13.8 Å². The van der Waals surface area contributed by atoms with Gasteiger partial charge < -0.3 is 14.2 Å². The predicted octanol–water partition coefficient (Wildman–Crippen LogP) is 2.90. The minimum Gasteiger partial charge on any atom is -0.450 e. The molecule has 1 aliphatic rings. The number of amides is 1. The number of aromatic nitrogens is 1. The minimum atomic E-state index is -0.170. The molecular weight excluding hydrogens is 228 g/mol. The molecule has 0 aliphatic carbocycles. The number of carbonyl (C=O) groups excluding carboxylic acids is 1. The molecule has 0 radical (unpaired) electrons. The lowest BCUT2D eigenvalue weighted by atomic mass is 10.0. The maximum absolute atomic E-state index is 11.6. The zero-order valence-electron chi connectivity index (χ0n) is 11.5. The molecule has 0 unspecified atom stereocenters. The van der Waals surface area contributed by atoms with Gasteiger partial charge in [-0.1, -0.05) is 0 Å². The highest BCUT2D eigenvalue weighted by Crippen LogP contribution is 2.26. The van der Waals surface area contributed by atoms with Crippen LogP contribution in [0.3, 0.4) is 0 Å². The largest absolute Gasteiger partial charge is 0.450 e. The molecule has 100 valence electrons. The van der Waals surface area contributed by atoms with E-state index in [1.165, 1.54) is 11.4 Å². The molecule has 1 aromatic heterocycles. The second kappa shape index (κ2) is 5.46. The smallest absolute Gasteiger partial charge is 0.409 e. The van der Waals surface area contributed by atoms with E-state index in [0.29, 0.717) is 12.6 Å². The Labute approximate surface area is 109 Å². The van der Waals surface area contributed by atoms with Gasteiger partial charge in [0.25, 0.3) is 0 Å². The van der Waals surface area contributed by atoms with Crippen LogP contribution < -0.4 is 0 Å². The van der Waals surface area contributed by atoms with Crippen LogP contribution in [0.25, 0.3) is 0 Å². The number of ether oxygens (including phenoxy) is 1. The molecular formula is C14H22N2O2. The molecule has 0 bridgehead atoms. The Kier molecular flexibility index (Phi) is 3.94. The lowest BCUT2D eigenvalue weighted by Gasteiger charge is -2.33. The van der Waals surface area contributed by atoms with E-state index >= 15 is 0 Å². The summed E-state index contributed by atoms with van der Waals surface area (Å²) >= 11 is 0. The Hall–Kier alpha value is -1.45. The van der Waals surface area contributed by atoms with Crippen molar-refractivity contribution in [2.75, 3.05) is 19.7 Å². The SMILES string of the molecule is CCOC(=O)N1CCC(n2c(C)ccc2C)CC1. The van der Waals surface area contributed by atoms with Crippen molar-refractivity contribution in [2.45, 2.75) is 39.7 Å². The molecule has 1 fully saturated rings. The molecule has 0 aromatic carbocycles. The van der Waals surface area contributed by atoms with Gasteiger partial charge in [-0.15, -0.1) is 0 Å². The van der Waals surface area contributed by atoms with Gasteiger partial charge in [-0.05, 0) is 45.7 Å². The summed E-state index contributed by atoms with van der Waals surface area (Å²) in [6.45, 7) is 8.17. The molecule has 1 aromatic rings. The molecule has 0 N–H and O–H groups in total. The van der Waals surface area contributed by atoms with Gasteiger partial charge in [0, 0.05) is 30.5 Å². The minimum absolute atomic E-state index is 0.170. The van der Waals surface area contributed by atoms with E-state index in [1.54, 1.807) is 0 Å². The zero-order chi connectivity index (χ0) is 13.1. The highest BCUT2D eigenvalue weighted by molar-refractivity contribution is 5.67. The predicted molar refractivity (Wildman–Crippen MR) is 70.8 cm³/mol. The normalized spacial score (nSPS) is 16.9. The first-order chi connectivity index (χ1) is 8.63. The van der Waals surface area contributed by atoms with Gasteiger partial charge in [-0.3, -0.25) is 0 Å².